The molecule has 4 aliphatic rings. The Bertz CT molecular complexity index is 1470. The monoisotopic (exact) mass is 610 g/mol. The Morgan fingerprint density at radius 2 is 1.60 bits per heavy atom. The van der Waals surface area contributed by atoms with Crippen molar-refractivity contribution in [2.24, 2.45) is 10.8 Å². The molecule has 0 N–H and O–H groups in total. The molecule has 0 saturated carbocycles. The summed E-state index contributed by atoms with van der Waals surface area (Å²) in [5.41, 5.74) is 6.33. The zero-order chi connectivity index (χ0) is 31.6. The minimum Gasteiger partial charge on any atom is -0.497 e. The van der Waals surface area contributed by atoms with Gasteiger partial charge in [0.15, 0.2) is 0 Å². The van der Waals surface area contributed by atoms with Crippen LogP contribution in [0.4, 0.5) is 5.69 Å². The smallest absolute Gasteiger partial charge is 0.316 e. The summed E-state index contributed by atoms with van der Waals surface area (Å²) in [5, 5.41) is 0. The third kappa shape index (κ3) is 7.17. The number of fused-ring (bicyclic) bond motifs is 4. The third-order valence-corrected chi connectivity index (χ3v) is 10.3. The fourth-order valence-corrected chi connectivity index (χ4v) is 7.22. The SMILES string of the molecule is CCN(Cc1ccc(OCC23CCN(CC2)CC3)cc1)c1cc(OC)ccc1C1CCc2cc(OC(=O)C(C)(C)C)ccc2C1. The number of rotatable bonds is 10. The maximum atomic E-state index is 12.4. The van der Waals surface area contributed by atoms with E-state index in [1.54, 1.807) is 7.11 Å². The van der Waals surface area contributed by atoms with Crippen molar-refractivity contribution in [3.8, 4) is 17.2 Å². The predicted molar refractivity (Wildman–Crippen MR) is 181 cm³/mol. The lowest BCUT2D eigenvalue weighted by Crippen LogP contribution is -2.50. The fraction of sp³-hybridized carbons (Fsp3) is 0.513. The van der Waals surface area contributed by atoms with Gasteiger partial charge in [-0.15, -0.1) is 0 Å². The molecule has 6 nitrogen and oxygen atoms in total. The number of nitrogens with zero attached hydrogens (tertiary/aromatic N) is 2. The number of hydrogen-bond acceptors (Lipinski definition) is 6. The number of piperidine rings is 3. The van der Waals surface area contributed by atoms with Crippen LogP contribution >= 0.6 is 0 Å². The van der Waals surface area contributed by atoms with Crippen LogP contribution in [0.1, 0.15) is 81.5 Å². The van der Waals surface area contributed by atoms with Crippen molar-refractivity contribution in [3.05, 3.63) is 82.9 Å². The molecule has 3 aliphatic heterocycles. The van der Waals surface area contributed by atoms with Crippen LogP contribution in [-0.2, 0) is 24.2 Å². The van der Waals surface area contributed by atoms with Crippen molar-refractivity contribution in [2.45, 2.75) is 78.7 Å². The average molecular weight is 611 g/mol. The van der Waals surface area contributed by atoms with E-state index in [1.165, 1.54) is 66.8 Å². The summed E-state index contributed by atoms with van der Waals surface area (Å²) < 4.78 is 17.7. The van der Waals surface area contributed by atoms with Crippen LogP contribution in [0, 0.1) is 10.8 Å². The van der Waals surface area contributed by atoms with E-state index in [1.807, 2.05) is 26.8 Å². The number of esters is 1. The Labute approximate surface area is 269 Å². The molecule has 3 saturated heterocycles. The van der Waals surface area contributed by atoms with Crippen LogP contribution in [0.2, 0.25) is 0 Å². The molecule has 1 unspecified atom stereocenters. The Kier molecular flexibility index (Phi) is 9.15. The zero-order valence-electron chi connectivity index (χ0n) is 27.9. The Balaban J connectivity index is 1.15. The number of hydrogen-bond donors (Lipinski definition) is 0. The highest BCUT2D eigenvalue weighted by Gasteiger charge is 2.40. The highest BCUT2D eigenvalue weighted by molar-refractivity contribution is 5.78. The van der Waals surface area contributed by atoms with Crippen LogP contribution in [0.15, 0.2) is 60.7 Å². The number of aryl methyl sites for hydroxylation is 1. The second-order valence-corrected chi connectivity index (χ2v) is 14.5. The molecular formula is C39H50N2O4. The number of carbonyl (C=O) groups is 1. The van der Waals surface area contributed by atoms with Crippen LogP contribution < -0.4 is 19.1 Å². The lowest BCUT2D eigenvalue weighted by molar-refractivity contribution is -0.143. The maximum absolute atomic E-state index is 12.4. The van der Waals surface area contributed by atoms with Gasteiger partial charge >= 0.3 is 5.97 Å². The molecule has 0 radical (unpaired) electrons. The standard InChI is InChI=1S/C39H50N2O4/c1-6-41(26-28-7-12-32(13-8-28)44-27-39-17-20-40(21-18-39)22-19-39)36-25-33(43-5)15-16-35(36)31-10-9-30-24-34(14-11-29(30)23-31)45-37(42)38(2,3)4/h7-8,11-16,24-25,31H,6,9-10,17-23,26-27H2,1-5H3. The van der Waals surface area contributed by atoms with Gasteiger partial charge in [-0.2, -0.15) is 0 Å². The van der Waals surface area contributed by atoms with E-state index >= 15 is 0 Å². The number of anilines is 1. The molecule has 6 heteroatoms. The number of carbonyl (C=O) groups excluding carboxylic acids is 1. The van der Waals surface area contributed by atoms with Gasteiger partial charge in [-0.05, 0) is 144 Å². The molecule has 3 aromatic carbocycles. The van der Waals surface area contributed by atoms with E-state index < -0.39 is 5.41 Å². The molecule has 3 fully saturated rings. The van der Waals surface area contributed by atoms with Gasteiger partial charge in [0.05, 0.1) is 19.1 Å². The van der Waals surface area contributed by atoms with E-state index in [2.05, 4.69) is 71.3 Å². The van der Waals surface area contributed by atoms with Gasteiger partial charge in [-0.25, -0.2) is 0 Å². The maximum Gasteiger partial charge on any atom is 0.316 e. The van der Waals surface area contributed by atoms with Crippen LogP contribution in [0.5, 0.6) is 17.2 Å². The summed E-state index contributed by atoms with van der Waals surface area (Å²) >= 11 is 0. The van der Waals surface area contributed by atoms with E-state index in [4.69, 9.17) is 14.2 Å². The Morgan fingerprint density at radius 3 is 2.27 bits per heavy atom. The topological polar surface area (TPSA) is 51.2 Å². The lowest BCUT2D eigenvalue weighted by Gasteiger charge is -2.48. The van der Waals surface area contributed by atoms with Gasteiger partial charge in [0.1, 0.15) is 17.2 Å². The Morgan fingerprint density at radius 1 is 0.911 bits per heavy atom. The summed E-state index contributed by atoms with van der Waals surface area (Å²) in [7, 11) is 1.74. The van der Waals surface area contributed by atoms with Gasteiger partial charge in [0.25, 0.3) is 0 Å². The molecular weight excluding hydrogens is 560 g/mol. The van der Waals surface area contributed by atoms with E-state index in [-0.39, 0.29) is 5.97 Å². The lowest BCUT2D eigenvalue weighted by atomic mass is 9.73. The van der Waals surface area contributed by atoms with Gasteiger partial charge in [-0.3, -0.25) is 4.79 Å². The Hall–Kier alpha value is -3.51. The van der Waals surface area contributed by atoms with Crippen molar-refractivity contribution in [1.82, 2.24) is 4.90 Å². The van der Waals surface area contributed by atoms with Crippen molar-refractivity contribution in [2.75, 3.05) is 44.8 Å². The molecule has 1 aliphatic carbocycles. The molecule has 7 rings (SSSR count). The summed E-state index contributed by atoms with van der Waals surface area (Å²) in [5.74, 6) is 2.70. The van der Waals surface area contributed by atoms with Gasteiger partial charge < -0.3 is 24.0 Å². The number of benzene rings is 3. The summed E-state index contributed by atoms with van der Waals surface area (Å²) in [4.78, 5) is 17.5. The minimum atomic E-state index is -0.528. The molecule has 0 amide bonds. The van der Waals surface area contributed by atoms with Crippen LogP contribution in [0.3, 0.4) is 0 Å². The zero-order valence-corrected chi connectivity index (χ0v) is 27.9. The highest BCUT2D eigenvalue weighted by atomic mass is 16.5. The van der Waals surface area contributed by atoms with Crippen molar-refractivity contribution in [1.29, 1.82) is 0 Å². The molecule has 45 heavy (non-hydrogen) atoms. The molecule has 2 bridgehead atoms. The van der Waals surface area contributed by atoms with E-state index in [9.17, 15) is 4.79 Å². The molecule has 1 atom stereocenters. The van der Waals surface area contributed by atoms with E-state index in [0.29, 0.717) is 17.1 Å². The van der Waals surface area contributed by atoms with Crippen molar-refractivity contribution < 1.29 is 19.0 Å². The van der Waals surface area contributed by atoms with Crippen LogP contribution in [0.25, 0.3) is 0 Å². The van der Waals surface area contributed by atoms with Crippen LogP contribution in [-0.4, -0.2) is 50.8 Å². The highest BCUT2D eigenvalue weighted by Crippen LogP contribution is 2.42. The quantitative estimate of drug-likeness (QED) is 0.172. The number of methoxy groups -OCH3 is 1. The van der Waals surface area contributed by atoms with Gasteiger partial charge in [0.2, 0.25) is 0 Å². The minimum absolute atomic E-state index is 0.203. The van der Waals surface area contributed by atoms with Crippen molar-refractivity contribution >= 4 is 11.7 Å². The van der Waals surface area contributed by atoms with Gasteiger partial charge in [0, 0.05) is 30.3 Å². The predicted octanol–water partition coefficient (Wildman–Crippen LogP) is 7.81. The molecule has 240 valence electrons. The third-order valence-electron chi connectivity index (χ3n) is 10.3. The molecule has 3 heterocycles. The normalized spacial score (nSPS) is 22.4. The average Bonchev–Trinajstić information content (AvgIpc) is 3.06. The largest absolute Gasteiger partial charge is 0.497 e. The molecule has 3 aromatic rings. The van der Waals surface area contributed by atoms with Crippen molar-refractivity contribution in [3.63, 3.8) is 0 Å². The second-order valence-electron chi connectivity index (χ2n) is 14.5. The molecule has 0 spiro atoms. The first-order valence-corrected chi connectivity index (χ1v) is 16.9. The molecule has 0 aromatic heterocycles. The summed E-state index contributed by atoms with van der Waals surface area (Å²) in [6, 6.07) is 21.5. The first-order chi connectivity index (χ1) is 21.6. The first-order valence-electron chi connectivity index (χ1n) is 16.9. The first kappa shape index (κ1) is 31.5. The fourth-order valence-electron chi connectivity index (χ4n) is 7.22. The second kappa shape index (κ2) is 13.1. The number of ether oxygens (including phenoxy) is 3. The summed E-state index contributed by atoms with van der Waals surface area (Å²) in [6.07, 6.45) is 6.76. The summed E-state index contributed by atoms with van der Waals surface area (Å²) in [6.45, 7) is 14.1. The van der Waals surface area contributed by atoms with Gasteiger partial charge in [-0.1, -0.05) is 24.3 Å². The van der Waals surface area contributed by atoms with E-state index in [0.717, 1.165) is 50.5 Å².